The molecule has 8 nitrogen and oxygen atoms in total. The second kappa shape index (κ2) is 10.5. The smallest absolute Gasteiger partial charge is 0.338 e. The van der Waals surface area contributed by atoms with Crippen LogP contribution < -0.4 is 14.9 Å². The number of nitrogens with zero attached hydrogens (tertiary/aromatic N) is 2. The molecule has 0 N–H and O–H groups in total. The lowest BCUT2D eigenvalue weighted by atomic mass is 9.95. The van der Waals surface area contributed by atoms with Crippen molar-refractivity contribution >= 4 is 29.4 Å². The lowest BCUT2D eigenvalue weighted by Gasteiger charge is -2.25. The maximum absolute atomic E-state index is 13.7. The average molecular weight is 529 g/mol. The zero-order chi connectivity index (χ0) is 26.8. The number of benzene rings is 2. The van der Waals surface area contributed by atoms with E-state index in [1.807, 2.05) is 37.3 Å². The summed E-state index contributed by atoms with van der Waals surface area (Å²) < 4.78 is 17.8. The van der Waals surface area contributed by atoms with Crippen LogP contribution in [0.15, 0.2) is 92.2 Å². The first-order chi connectivity index (χ1) is 18.4. The molecular formula is C29H24N2O6S. The number of esters is 2. The Hall–Kier alpha value is -4.50. The van der Waals surface area contributed by atoms with Crippen molar-refractivity contribution in [3.8, 4) is 11.3 Å². The van der Waals surface area contributed by atoms with Crippen LogP contribution in [0.25, 0.3) is 17.4 Å². The quantitative estimate of drug-likeness (QED) is 0.353. The predicted molar refractivity (Wildman–Crippen MR) is 142 cm³/mol. The van der Waals surface area contributed by atoms with Crippen LogP contribution >= 0.6 is 11.3 Å². The van der Waals surface area contributed by atoms with Crippen LogP contribution in [0.1, 0.15) is 41.1 Å². The third-order valence-corrected chi connectivity index (χ3v) is 7.24. The molecule has 1 aliphatic heterocycles. The first-order valence-corrected chi connectivity index (χ1v) is 12.7. The number of thiazole rings is 1. The summed E-state index contributed by atoms with van der Waals surface area (Å²) in [6.07, 6.45) is 2.18. The summed E-state index contributed by atoms with van der Waals surface area (Å²) in [4.78, 5) is 43.4. The molecule has 0 radical (unpaired) electrons. The van der Waals surface area contributed by atoms with Crippen molar-refractivity contribution in [3.05, 3.63) is 115 Å². The number of fused-ring (bicyclic) bond motifs is 1. The Balaban J connectivity index is 1.59. The van der Waals surface area contributed by atoms with E-state index in [1.54, 1.807) is 47.0 Å². The minimum Gasteiger partial charge on any atom is -0.466 e. The average Bonchev–Trinajstić information content (AvgIpc) is 3.55. The van der Waals surface area contributed by atoms with E-state index in [1.165, 1.54) is 25.6 Å². The van der Waals surface area contributed by atoms with E-state index in [0.717, 1.165) is 11.1 Å². The molecular weight excluding hydrogens is 504 g/mol. The van der Waals surface area contributed by atoms with Gasteiger partial charge in [0.1, 0.15) is 11.5 Å². The second-order valence-corrected chi connectivity index (χ2v) is 9.48. The van der Waals surface area contributed by atoms with Crippen LogP contribution in [0.4, 0.5) is 0 Å². The van der Waals surface area contributed by atoms with Crippen molar-refractivity contribution in [1.29, 1.82) is 0 Å². The molecule has 2 aromatic heterocycles. The number of aromatic nitrogens is 1. The fourth-order valence-corrected chi connectivity index (χ4v) is 5.42. The van der Waals surface area contributed by atoms with Gasteiger partial charge in [-0.3, -0.25) is 9.36 Å². The summed E-state index contributed by atoms with van der Waals surface area (Å²) >= 11 is 1.24. The molecule has 0 bridgehead atoms. The Morgan fingerprint density at radius 2 is 1.71 bits per heavy atom. The number of allylic oxidation sites excluding steroid dienone is 1. The first kappa shape index (κ1) is 25.2. The maximum Gasteiger partial charge on any atom is 0.338 e. The van der Waals surface area contributed by atoms with Crippen molar-refractivity contribution in [2.45, 2.75) is 19.4 Å². The molecule has 5 rings (SSSR count). The number of rotatable bonds is 6. The van der Waals surface area contributed by atoms with Gasteiger partial charge in [-0.05, 0) is 36.2 Å². The highest BCUT2D eigenvalue weighted by molar-refractivity contribution is 7.07. The first-order valence-electron chi connectivity index (χ1n) is 11.9. The Bertz CT molecular complexity index is 1730. The van der Waals surface area contributed by atoms with Crippen LogP contribution in [0.2, 0.25) is 0 Å². The van der Waals surface area contributed by atoms with E-state index in [4.69, 9.17) is 13.9 Å². The van der Waals surface area contributed by atoms with Gasteiger partial charge in [0.2, 0.25) is 0 Å². The van der Waals surface area contributed by atoms with Gasteiger partial charge in [0.25, 0.3) is 5.56 Å². The van der Waals surface area contributed by atoms with Crippen LogP contribution in [0.3, 0.4) is 0 Å². The molecule has 192 valence electrons. The Kier molecular flexibility index (Phi) is 6.93. The van der Waals surface area contributed by atoms with Gasteiger partial charge in [-0.1, -0.05) is 60.7 Å². The molecule has 1 atom stereocenters. The number of methoxy groups -OCH3 is 2. The summed E-state index contributed by atoms with van der Waals surface area (Å²) in [5.41, 5.74) is 2.68. The zero-order valence-electron chi connectivity index (χ0n) is 21.0. The molecule has 2 aromatic carbocycles. The van der Waals surface area contributed by atoms with Crippen LogP contribution in [-0.4, -0.2) is 30.7 Å². The van der Waals surface area contributed by atoms with Gasteiger partial charge in [0.05, 0.1) is 41.6 Å². The zero-order valence-corrected chi connectivity index (χ0v) is 21.8. The number of carbonyl (C=O) groups is 2. The number of carbonyl (C=O) groups excluding carboxylic acids is 2. The Morgan fingerprint density at radius 1 is 1.00 bits per heavy atom. The fraction of sp³-hybridized carbons (Fsp3) is 0.172. The standard InChI is InChI=1S/C29H24N2O6S/c1-4-21-24(28(34)36-3)25(18-8-6-5-7-9-18)31-26(32)23(38-29(31)30-21)16-20-14-15-22(37-20)17-10-12-19(13-11-17)27(33)35-2/h5-16,25H,4H2,1-3H3/b23-16+/t25-/m0/s1. The predicted octanol–water partition coefficient (Wildman–Crippen LogP) is 3.84. The summed E-state index contributed by atoms with van der Waals surface area (Å²) in [5, 5.41) is 0. The van der Waals surface area contributed by atoms with Gasteiger partial charge in [-0.25, -0.2) is 14.6 Å². The second-order valence-electron chi connectivity index (χ2n) is 8.47. The summed E-state index contributed by atoms with van der Waals surface area (Å²) in [6.45, 7) is 1.92. The van der Waals surface area contributed by atoms with E-state index in [-0.39, 0.29) is 5.56 Å². The summed E-state index contributed by atoms with van der Waals surface area (Å²) in [5.74, 6) is 0.149. The molecule has 9 heteroatoms. The molecule has 4 aromatic rings. The van der Waals surface area contributed by atoms with E-state index in [9.17, 15) is 14.4 Å². The van der Waals surface area contributed by atoms with Crippen LogP contribution in [0, 0.1) is 0 Å². The number of ether oxygens (including phenoxy) is 2. The third kappa shape index (κ3) is 4.52. The van der Waals surface area contributed by atoms with Crippen molar-refractivity contribution in [2.24, 2.45) is 4.99 Å². The third-order valence-electron chi connectivity index (χ3n) is 6.26. The van der Waals surface area contributed by atoms with E-state index < -0.39 is 18.0 Å². The minimum atomic E-state index is -0.655. The SMILES string of the molecule is CCC1=C(C(=O)OC)[C@H](c2ccccc2)n2c(s/c(=C/c3ccc(-c4ccc(C(=O)OC)cc4)o3)c2=O)=N1. The minimum absolute atomic E-state index is 0.278. The van der Waals surface area contributed by atoms with Gasteiger partial charge in [-0.15, -0.1) is 0 Å². The highest BCUT2D eigenvalue weighted by atomic mass is 32.1. The number of furan rings is 1. The van der Waals surface area contributed by atoms with Gasteiger partial charge >= 0.3 is 11.9 Å². The van der Waals surface area contributed by atoms with Crippen molar-refractivity contribution in [3.63, 3.8) is 0 Å². The van der Waals surface area contributed by atoms with Crippen molar-refractivity contribution in [1.82, 2.24) is 4.57 Å². The highest BCUT2D eigenvalue weighted by Crippen LogP contribution is 2.31. The van der Waals surface area contributed by atoms with E-state index in [2.05, 4.69) is 4.99 Å². The molecule has 0 saturated heterocycles. The topological polar surface area (TPSA) is 100 Å². The number of hydrogen-bond donors (Lipinski definition) is 0. The lowest BCUT2D eigenvalue weighted by molar-refractivity contribution is -0.136. The molecule has 1 aliphatic rings. The monoisotopic (exact) mass is 528 g/mol. The molecule has 0 spiro atoms. The fourth-order valence-electron chi connectivity index (χ4n) is 4.42. The Morgan fingerprint density at radius 3 is 2.37 bits per heavy atom. The molecule has 0 fully saturated rings. The molecule has 38 heavy (non-hydrogen) atoms. The molecule has 0 aliphatic carbocycles. The molecule has 0 unspecified atom stereocenters. The maximum atomic E-state index is 13.7. The van der Waals surface area contributed by atoms with Gasteiger partial charge in [0.15, 0.2) is 4.80 Å². The van der Waals surface area contributed by atoms with E-state index in [0.29, 0.717) is 44.1 Å². The lowest BCUT2D eigenvalue weighted by Crippen LogP contribution is -2.40. The molecule has 0 saturated carbocycles. The van der Waals surface area contributed by atoms with Gasteiger partial charge in [-0.2, -0.15) is 0 Å². The van der Waals surface area contributed by atoms with Crippen molar-refractivity contribution in [2.75, 3.05) is 14.2 Å². The highest BCUT2D eigenvalue weighted by Gasteiger charge is 2.33. The van der Waals surface area contributed by atoms with Gasteiger partial charge < -0.3 is 13.9 Å². The summed E-state index contributed by atoms with van der Waals surface area (Å²) in [7, 11) is 2.66. The summed E-state index contributed by atoms with van der Waals surface area (Å²) in [6, 6.07) is 19.2. The largest absolute Gasteiger partial charge is 0.466 e. The van der Waals surface area contributed by atoms with Crippen molar-refractivity contribution < 1.29 is 23.5 Å². The van der Waals surface area contributed by atoms with Crippen LogP contribution in [0.5, 0.6) is 0 Å². The molecule has 3 heterocycles. The van der Waals surface area contributed by atoms with E-state index >= 15 is 0 Å². The Labute approximate surface area is 221 Å². The van der Waals surface area contributed by atoms with Gasteiger partial charge in [0, 0.05) is 11.6 Å². The normalized spacial score (nSPS) is 15.1. The van der Waals surface area contributed by atoms with Crippen LogP contribution in [-0.2, 0) is 14.3 Å². The molecule has 0 amide bonds. The number of hydrogen-bond acceptors (Lipinski definition) is 8.